The van der Waals surface area contributed by atoms with Crippen molar-refractivity contribution in [3.8, 4) is 158 Å². The van der Waals surface area contributed by atoms with E-state index in [1.54, 1.807) is 0 Å². The molecule has 1 unspecified atom stereocenters. The van der Waals surface area contributed by atoms with Gasteiger partial charge in [0.05, 0.1) is 33.6 Å². The number of benzene rings is 17. The molecule has 17 aromatic carbocycles. The second kappa shape index (κ2) is 26.1. The molecule has 2 spiro atoms. The van der Waals surface area contributed by atoms with E-state index in [9.17, 15) is 0 Å². The van der Waals surface area contributed by atoms with Crippen LogP contribution in [-0.2, 0) is 10.8 Å². The summed E-state index contributed by atoms with van der Waals surface area (Å²) in [5, 5.41) is 4.39. The van der Waals surface area contributed by atoms with Crippen LogP contribution in [0.3, 0.4) is 0 Å². The predicted octanol–water partition coefficient (Wildman–Crippen LogP) is 27.9. The lowest BCUT2D eigenvalue weighted by atomic mass is 9.65. The highest BCUT2D eigenvalue weighted by molar-refractivity contribution is 6.07. The van der Waals surface area contributed by atoms with E-state index in [2.05, 4.69) is 358 Å². The SMILES string of the molecule is c1ccc(-c2cc(-c3ccc4c(c3)oc3ccccc34)nc(-c3ccc(-c4cccc5c4Oc4ccccc4C54c5ccccc5-c5cc(-c6cccc(-c7ccc(-c8cc(-c9ccccc9)nc(-c9ccc(-c%10cccc%11c%10Oc%10ccccc%10C%11%10c%11ccccc%11-c%11ccccc%11%10)cc9)n8)c8ccccc78)c6)ccc54)cc3)n2)cc1. The van der Waals surface area contributed by atoms with Crippen molar-refractivity contribution in [3.63, 3.8) is 0 Å². The van der Waals surface area contributed by atoms with E-state index in [1.165, 1.54) is 44.5 Å². The Balaban J connectivity index is 0.566. The number of rotatable bonds is 10. The van der Waals surface area contributed by atoms with Gasteiger partial charge in [0, 0.05) is 77.5 Å². The van der Waals surface area contributed by atoms with Gasteiger partial charge in [-0.05, 0) is 143 Å². The van der Waals surface area contributed by atoms with Crippen molar-refractivity contribution in [2.24, 2.45) is 0 Å². The smallest absolute Gasteiger partial charge is 0.160 e. The highest BCUT2D eigenvalue weighted by Crippen LogP contribution is 2.66. The van der Waals surface area contributed by atoms with E-state index in [0.717, 1.165) is 179 Å². The van der Waals surface area contributed by atoms with E-state index in [0.29, 0.717) is 11.6 Å². The van der Waals surface area contributed by atoms with Gasteiger partial charge in [-0.25, -0.2) is 19.9 Å². The van der Waals surface area contributed by atoms with Gasteiger partial charge in [0.1, 0.15) is 34.2 Å². The summed E-state index contributed by atoms with van der Waals surface area (Å²) >= 11 is 0. The molecule has 0 amide bonds. The van der Waals surface area contributed by atoms with Crippen LogP contribution in [0.4, 0.5) is 0 Å². The highest BCUT2D eigenvalue weighted by atomic mass is 16.5. The van der Waals surface area contributed by atoms with Crippen LogP contribution >= 0.6 is 0 Å². The van der Waals surface area contributed by atoms with Crippen molar-refractivity contribution in [1.82, 2.24) is 19.9 Å². The third-order valence-electron chi connectivity index (χ3n) is 24.7. The van der Waals surface area contributed by atoms with Crippen LogP contribution < -0.4 is 9.47 Å². The zero-order chi connectivity index (χ0) is 76.9. The molecule has 1 atom stereocenters. The summed E-state index contributed by atoms with van der Waals surface area (Å²) in [7, 11) is 0. The number of nitrogens with zero attached hydrogens (tertiary/aromatic N) is 4. The molecule has 4 aliphatic rings. The molecule has 0 fully saturated rings. The van der Waals surface area contributed by atoms with Gasteiger partial charge in [0.25, 0.3) is 0 Å². The minimum atomic E-state index is -0.702. The van der Waals surface area contributed by atoms with Crippen molar-refractivity contribution in [1.29, 1.82) is 0 Å². The number of hydrogen-bond donors (Lipinski definition) is 0. The number of aromatic nitrogens is 4. The van der Waals surface area contributed by atoms with E-state index >= 15 is 0 Å². The molecule has 20 aromatic rings. The minimum Gasteiger partial charge on any atom is -0.456 e. The Labute approximate surface area is 675 Å². The molecule has 0 bridgehead atoms. The van der Waals surface area contributed by atoms with E-state index in [4.69, 9.17) is 33.8 Å². The van der Waals surface area contributed by atoms with Crippen LogP contribution in [0.25, 0.3) is 167 Å². The summed E-state index contributed by atoms with van der Waals surface area (Å²) in [5.41, 5.74) is 32.4. The largest absolute Gasteiger partial charge is 0.456 e. The molecule has 0 N–H and O–H groups in total. The highest BCUT2D eigenvalue weighted by Gasteiger charge is 2.53. The van der Waals surface area contributed by atoms with Crippen LogP contribution in [0.15, 0.2) is 405 Å². The first-order valence-electron chi connectivity index (χ1n) is 39.9. The fourth-order valence-electron chi connectivity index (χ4n) is 19.5. The Morgan fingerprint density at radius 2 is 0.556 bits per heavy atom. The molecule has 2 aliphatic heterocycles. The first-order valence-corrected chi connectivity index (χ1v) is 39.9. The lowest BCUT2D eigenvalue weighted by Gasteiger charge is -2.40. The Morgan fingerprint density at radius 1 is 0.179 bits per heavy atom. The first-order chi connectivity index (χ1) is 58.0. The fraction of sp³-hybridized carbons (Fsp3) is 0.0182. The summed E-state index contributed by atoms with van der Waals surface area (Å²) in [6.45, 7) is 0. The Hall–Kier alpha value is -15.4. The fourth-order valence-corrected chi connectivity index (χ4v) is 19.5. The summed E-state index contributed by atoms with van der Waals surface area (Å²) in [4.78, 5) is 21.4. The molecular formula is C110H66N4O3. The third kappa shape index (κ3) is 10.1. The second-order valence-corrected chi connectivity index (χ2v) is 30.9. The number of para-hydroxylation sites is 5. The average molecular weight is 1490 g/mol. The molecule has 7 heteroatoms. The van der Waals surface area contributed by atoms with Crippen molar-refractivity contribution in [2.45, 2.75) is 10.8 Å². The average Bonchev–Trinajstić information content (AvgIpc) is 1.55. The molecule has 117 heavy (non-hydrogen) atoms. The van der Waals surface area contributed by atoms with Crippen molar-refractivity contribution < 1.29 is 13.9 Å². The monoisotopic (exact) mass is 1490 g/mol. The number of fused-ring (bicyclic) bond motifs is 22. The van der Waals surface area contributed by atoms with Gasteiger partial charge in [0.15, 0.2) is 11.6 Å². The lowest BCUT2D eigenvalue weighted by molar-refractivity contribution is 0.438. The van der Waals surface area contributed by atoms with Gasteiger partial charge in [0.2, 0.25) is 0 Å². The van der Waals surface area contributed by atoms with Gasteiger partial charge >= 0.3 is 0 Å². The maximum atomic E-state index is 7.25. The third-order valence-corrected chi connectivity index (χ3v) is 24.7. The number of hydrogen-bond acceptors (Lipinski definition) is 7. The van der Waals surface area contributed by atoms with Crippen molar-refractivity contribution >= 4 is 32.7 Å². The van der Waals surface area contributed by atoms with Gasteiger partial charge in [-0.3, -0.25) is 0 Å². The Kier molecular flexibility index (Phi) is 14.7. The molecule has 24 rings (SSSR count). The molecule has 3 aromatic heterocycles. The first kappa shape index (κ1) is 66.2. The van der Waals surface area contributed by atoms with Crippen LogP contribution in [0.1, 0.15) is 44.5 Å². The second-order valence-electron chi connectivity index (χ2n) is 30.9. The predicted molar refractivity (Wildman–Crippen MR) is 472 cm³/mol. The Morgan fingerprint density at radius 3 is 1.14 bits per heavy atom. The number of furan rings is 1. The standard InChI is InChI=1S/C110H66N4O3/c1-3-24-69(25-4-1)97-65-99(76-56-58-87-86-35-12-18-45-101(86)115-104(87)64-76)113-107(111-97)71-52-48-67(49-53-71)79-37-23-44-96-106(79)117-103-47-20-17-42-94(103)110(96)91-40-15-11-34-84(91)88-63-74(57-61-92(88)110)73-28-21-29-75(62-73)77-59-60-85(81-31-8-7-30-80(77)81)100-66-98(70-26-5-2-6-27-70)112-108(114-100)72-54-50-68(51-55-72)78-36-22-43-95-105(78)116-102-46-19-16-41-93(102)109(95)89-38-13-9-32-82(89)83-33-10-14-39-90(83)109/h1-66H. The zero-order valence-corrected chi connectivity index (χ0v) is 63.1. The zero-order valence-electron chi connectivity index (χ0n) is 63.1. The van der Waals surface area contributed by atoms with Gasteiger partial charge < -0.3 is 13.9 Å². The van der Waals surface area contributed by atoms with Gasteiger partial charge in [-0.2, -0.15) is 0 Å². The number of ether oxygens (including phenoxy) is 2. The van der Waals surface area contributed by atoms with E-state index in [1.807, 2.05) is 42.5 Å². The van der Waals surface area contributed by atoms with Gasteiger partial charge in [-0.15, -0.1) is 0 Å². The molecule has 0 saturated heterocycles. The molecule has 0 radical (unpaired) electrons. The molecule has 2 aliphatic carbocycles. The molecule has 5 heterocycles. The van der Waals surface area contributed by atoms with Crippen molar-refractivity contribution in [3.05, 3.63) is 445 Å². The van der Waals surface area contributed by atoms with Crippen molar-refractivity contribution in [2.75, 3.05) is 0 Å². The summed E-state index contributed by atoms with van der Waals surface area (Å²) < 4.78 is 20.7. The van der Waals surface area contributed by atoms with Crippen LogP contribution in [0, 0.1) is 0 Å². The molecular weight excluding hydrogens is 1430 g/mol. The van der Waals surface area contributed by atoms with E-state index in [-0.39, 0.29) is 0 Å². The topological polar surface area (TPSA) is 83.2 Å². The quantitative estimate of drug-likeness (QED) is 0.135. The molecule has 0 saturated carbocycles. The van der Waals surface area contributed by atoms with Gasteiger partial charge in [-0.1, -0.05) is 346 Å². The minimum absolute atomic E-state index is 0.564. The summed E-state index contributed by atoms with van der Waals surface area (Å²) in [6.07, 6.45) is 0. The maximum absolute atomic E-state index is 7.25. The normalized spacial score (nSPS) is 14.1. The van der Waals surface area contributed by atoms with E-state index < -0.39 is 10.8 Å². The van der Waals surface area contributed by atoms with Crippen LogP contribution in [0.5, 0.6) is 23.0 Å². The maximum Gasteiger partial charge on any atom is 0.160 e. The lowest BCUT2D eigenvalue weighted by Crippen LogP contribution is -2.32. The van der Waals surface area contributed by atoms with Crippen LogP contribution in [0.2, 0.25) is 0 Å². The molecule has 544 valence electrons. The molecule has 7 nitrogen and oxygen atoms in total. The summed E-state index contributed by atoms with van der Waals surface area (Å²) in [5.74, 6) is 4.65. The Bertz CT molecular complexity index is 7470. The summed E-state index contributed by atoms with van der Waals surface area (Å²) in [6, 6.07) is 143. The van der Waals surface area contributed by atoms with Crippen LogP contribution in [-0.4, -0.2) is 19.9 Å².